The lowest BCUT2D eigenvalue weighted by atomic mass is 10.1. The lowest BCUT2D eigenvalue weighted by molar-refractivity contribution is -0.123. The van der Waals surface area contributed by atoms with Crippen molar-refractivity contribution < 1.29 is 14.6 Å². The molecule has 2 rings (SSSR count). The number of aliphatic hydroxyl groups excluding tert-OH is 1. The number of morpholine rings is 1. The molecule has 1 saturated heterocycles. The van der Waals surface area contributed by atoms with E-state index in [-0.39, 0.29) is 12.3 Å². The van der Waals surface area contributed by atoms with E-state index in [1.54, 1.807) is 0 Å². The molecule has 1 aromatic carbocycles. The third-order valence-electron chi connectivity index (χ3n) is 3.42. The maximum atomic E-state index is 11.8. The molecule has 1 aliphatic heterocycles. The summed E-state index contributed by atoms with van der Waals surface area (Å²) >= 11 is 0. The molecule has 1 heterocycles. The van der Waals surface area contributed by atoms with Crippen molar-refractivity contribution in [2.45, 2.75) is 12.5 Å². The molecule has 0 aromatic heterocycles. The van der Waals surface area contributed by atoms with Crippen LogP contribution in [0.3, 0.4) is 0 Å². The standard InChI is InChI=1S/C15H22N2O3/c18-14(13-4-2-1-3-5-13)12-15(19)16-6-7-17-8-10-20-11-9-17/h1-5,14,18H,6-12H2,(H,16,19). The van der Waals surface area contributed by atoms with Gasteiger partial charge in [0.1, 0.15) is 0 Å². The van der Waals surface area contributed by atoms with E-state index in [0.29, 0.717) is 6.54 Å². The molecule has 1 aliphatic rings. The van der Waals surface area contributed by atoms with Crippen molar-refractivity contribution in [2.75, 3.05) is 39.4 Å². The highest BCUT2D eigenvalue weighted by Gasteiger charge is 2.13. The highest BCUT2D eigenvalue weighted by Crippen LogP contribution is 2.15. The lowest BCUT2D eigenvalue weighted by Gasteiger charge is -2.26. The minimum Gasteiger partial charge on any atom is -0.388 e. The molecule has 1 amide bonds. The van der Waals surface area contributed by atoms with Crippen molar-refractivity contribution in [1.29, 1.82) is 0 Å². The highest BCUT2D eigenvalue weighted by atomic mass is 16.5. The lowest BCUT2D eigenvalue weighted by Crippen LogP contribution is -2.41. The van der Waals surface area contributed by atoms with E-state index in [1.807, 2.05) is 30.3 Å². The Balaban J connectivity index is 1.65. The van der Waals surface area contributed by atoms with Crippen molar-refractivity contribution in [1.82, 2.24) is 10.2 Å². The van der Waals surface area contributed by atoms with Gasteiger partial charge in [0.05, 0.1) is 25.7 Å². The molecule has 0 radical (unpaired) electrons. The number of benzene rings is 1. The zero-order valence-electron chi connectivity index (χ0n) is 11.6. The highest BCUT2D eigenvalue weighted by molar-refractivity contribution is 5.76. The quantitative estimate of drug-likeness (QED) is 0.798. The Labute approximate surface area is 119 Å². The zero-order chi connectivity index (χ0) is 14.2. The fraction of sp³-hybridized carbons (Fsp3) is 0.533. The van der Waals surface area contributed by atoms with E-state index < -0.39 is 6.10 Å². The molecular weight excluding hydrogens is 256 g/mol. The Kier molecular flexibility index (Phi) is 5.98. The Morgan fingerprint density at radius 1 is 1.30 bits per heavy atom. The third kappa shape index (κ3) is 4.92. The number of amides is 1. The van der Waals surface area contributed by atoms with Crippen LogP contribution in [0, 0.1) is 0 Å². The topological polar surface area (TPSA) is 61.8 Å². The van der Waals surface area contributed by atoms with Crippen LogP contribution >= 0.6 is 0 Å². The average Bonchev–Trinajstić information content (AvgIpc) is 2.49. The Morgan fingerprint density at radius 3 is 2.70 bits per heavy atom. The maximum Gasteiger partial charge on any atom is 0.223 e. The number of nitrogens with one attached hydrogen (secondary N) is 1. The number of hydrogen-bond acceptors (Lipinski definition) is 4. The summed E-state index contributed by atoms with van der Waals surface area (Å²) in [5.74, 6) is -0.116. The second-order valence-corrected chi connectivity index (χ2v) is 4.93. The van der Waals surface area contributed by atoms with Crippen LogP contribution in [0.4, 0.5) is 0 Å². The van der Waals surface area contributed by atoms with Crippen LogP contribution in [0.1, 0.15) is 18.1 Å². The van der Waals surface area contributed by atoms with Crippen molar-refractivity contribution in [3.8, 4) is 0 Å². The Hall–Kier alpha value is -1.43. The minimum absolute atomic E-state index is 0.104. The summed E-state index contributed by atoms with van der Waals surface area (Å²) in [6.07, 6.45) is -0.632. The van der Waals surface area contributed by atoms with Gasteiger partial charge in [-0.2, -0.15) is 0 Å². The number of carbonyl (C=O) groups excluding carboxylic acids is 1. The fourth-order valence-corrected chi connectivity index (χ4v) is 2.22. The molecule has 1 atom stereocenters. The molecule has 1 aromatic rings. The van der Waals surface area contributed by atoms with Gasteiger partial charge in [0, 0.05) is 26.2 Å². The molecule has 1 fully saturated rings. The van der Waals surface area contributed by atoms with Crippen LogP contribution < -0.4 is 5.32 Å². The number of rotatable bonds is 6. The Bertz CT molecular complexity index is 405. The number of hydrogen-bond donors (Lipinski definition) is 2. The number of ether oxygens (including phenoxy) is 1. The van der Waals surface area contributed by atoms with Gasteiger partial charge in [0.25, 0.3) is 0 Å². The average molecular weight is 278 g/mol. The molecule has 1 unspecified atom stereocenters. The SMILES string of the molecule is O=C(CC(O)c1ccccc1)NCCN1CCOCC1. The van der Waals surface area contributed by atoms with Gasteiger partial charge < -0.3 is 15.2 Å². The molecule has 2 N–H and O–H groups in total. The summed E-state index contributed by atoms with van der Waals surface area (Å²) in [6, 6.07) is 9.25. The van der Waals surface area contributed by atoms with Crippen LogP contribution in [0.15, 0.2) is 30.3 Å². The van der Waals surface area contributed by atoms with Gasteiger partial charge in [-0.1, -0.05) is 30.3 Å². The summed E-state index contributed by atoms with van der Waals surface area (Å²) in [5, 5.41) is 12.8. The summed E-state index contributed by atoms with van der Waals surface area (Å²) in [5.41, 5.74) is 0.774. The molecule has 0 bridgehead atoms. The van der Waals surface area contributed by atoms with E-state index in [4.69, 9.17) is 4.74 Å². The first-order chi connectivity index (χ1) is 9.75. The van der Waals surface area contributed by atoms with Gasteiger partial charge >= 0.3 is 0 Å². The van der Waals surface area contributed by atoms with Crippen molar-refractivity contribution >= 4 is 5.91 Å². The van der Waals surface area contributed by atoms with Gasteiger partial charge in [-0.05, 0) is 5.56 Å². The van der Waals surface area contributed by atoms with E-state index >= 15 is 0 Å². The Morgan fingerprint density at radius 2 is 2.00 bits per heavy atom. The van der Waals surface area contributed by atoms with Crippen LogP contribution in [-0.4, -0.2) is 55.3 Å². The normalized spacial score (nSPS) is 17.6. The molecule has 5 heteroatoms. The maximum absolute atomic E-state index is 11.8. The van der Waals surface area contributed by atoms with E-state index in [1.165, 1.54) is 0 Å². The smallest absolute Gasteiger partial charge is 0.223 e. The largest absolute Gasteiger partial charge is 0.388 e. The van der Waals surface area contributed by atoms with E-state index in [2.05, 4.69) is 10.2 Å². The molecule has 0 spiro atoms. The molecule has 0 aliphatic carbocycles. The molecule has 5 nitrogen and oxygen atoms in total. The van der Waals surface area contributed by atoms with Crippen LogP contribution in [-0.2, 0) is 9.53 Å². The molecular formula is C15H22N2O3. The van der Waals surface area contributed by atoms with Gasteiger partial charge in [0.2, 0.25) is 5.91 Å². The van der Waals surface area contributed by atoms with E-state index in [0.717, 1.165) is 38.4 Å². The van der Waals surface area contributed by atoms with Gasteiger partial charge in [-0.3, -0.25) is 9.69 Å². The van der Waals surface area contributed by atoms with Gasteiger partial charge in [0.15, 0.2) is 0 Å². The first-order valence-corrected chi connectivity index (χ1v) is 7.05. The second-order valence-electron chi connectivity index (χ2n) is 4.93. The summed E-state index contributed by atoms with van der Waals surface area (Å²) in [6.45, 7) is 4.81. The molecule has 110 valence electrons. The first-order valence-electron chi connectivity index (χ1n) is 7.05. The number of aliphatic hydroxyl groups is 1. The van der Waals surface area contributed by atoms with Crippen LogP contribution in [0.2, 0.25) is 0 Å². The van der Waals surface area contributed by atoms with Crippen LogP contribution in [0.5, 0.6) is 0 Å². The predicted octanol–water partition coefficient (Wildman–Crippen LogP) is 0.558. The second kappa shape index (κ2) is 7.99. The van der Waals surface area contributed by atoms with Crippen molar-refractivity contribution in [3.63, 3.8) is 0 Å². The molecule has 20 heavy (non-hydrogen) atoms. The zero-order valence-corrected chi connectivity index (χ0v) is 11.6. The van der Waals surface area contributed by atoms with Gasteiger partial charge in [-0.15, -0.1) is 0 Å². The number of nitrogens with zero attached hydrogens (tertiary/aromatic N) is 1. The van der Waals surface area contributed by atoms with Gasteiger partial charge in [-0.25, -0.2) is 0 Å². The summed E-state index contributed by atoms with van der Waals surface area (Å²) < 4.78 is 5.27. The minimum atomic E-state index is -0.736. The predicted molar refractivity (Wildman–Crippen MR) is 76.3 cm³/mol. The summed E-state index contributed by atoms with van der Waals surface area (Å²) in [7, 11) is 0. The van der Waals surface area contributed by atoms with Crippen LogP contribution in [0.25, 0.3) is 0 Å². The fourth-order valence-electron chi connectivity index (χ4n) is 2.22. The van der Waals surface area contributed by atoms with Crippen molar-refractivity contribution in [2.24, 2.45) is 0 Å². The number of carbonyl (C=O) groups is 1. The monoisotopic (exact) mass is 278 g/mol. The van der Waals surface area contributed by atoms with E-state index in [9.17, 15) is 9.90 Å². The molecule has 0 saturated carbocycles. The van der Waals surface area contributed by atoms with Crippen molar-refractivity contribution in [3.05, 3.63) is 35.9 Å². The summed E-state index contributed by atoms with van der Waals surface area (Å²) in [4.78, 5) is 14.0. The first kappa shape index (κ1) is 15.0. The third-order valence-corrected chi connectivity index (χ3v) is 3.42.